The van der Waals surface area contributed by atoms with E-state index in [2.05, 4.69) is 10.6 Å². The summed E-state index contributed by atoms with van der Waals surface area (Å²) in [5.41, 5.74) is -1.40. The molecule has 0 atom stereocenters. The van der Waals surface area contributed by atoms with Crippen LogP contribution < -0.4 is 10.6 Å². The number of ether oxygens (including phenoxy) is 1. The molecule has 102 valence electrons. The first-order chi connectivity index (χ1) is 7.70. The largest absolute Gasteiger partial charge is 0.389 e. The standard InChI is InChI=1S/C12H26N2O3/c1-11(2,12(3,4)16)14-9-10(15)13-7-6-8-17-5/h14,16H,6-9H2,1-5H3,(H,13,15). The number of amides is 1. The van der Waals surface area contributed by atoms with E-state index in [1.165, 1.54) is 0 Å². The summed E-state index contributed by atoms with van der Waals surface area (Å²) in [7, 11) is 1.63. The van der Waals surface area contributed by atoms with Crippen molar-refractivity contribution >= 4 is 5.91 Å². The van der Waals surface area contributed by atoms with Crippen LogP contribution in [0.3, 0.4) is 0 Å². The molecular weight excluding hydrogens is 220 g/mol. The second kappa shape index (κ2) is 6.93. The van der Waals surface area contributed by atoms with Crippen LogP contribution in [0.15, 0.2) is 0 Å². The Kier molecular flexibility index (Phi) is 6.67. The van der Waals surface area contributed by atoms with Crippen LogP contribution in [-0.4, -0.2) is 49.0 Å². The Morgan fingerprint density at radius 1 is 1.29 bits per heavy atom. The molecule has 5 nitrogen and oxygen atoms in total. The lowest BCUT2D eigenvalue weighted by Gasteiger charge is -2.38. The highest BCUT2D eigenvalue weighted by molar-refractivity contribution is 5.78. The summed E-state index contributed by atoms with van der Waals surface area (Å²) in [6, 6.07) is 0. The minimum atomic E-state index is -0.886. The van der Waals surface area contributed by atoms with E-state index in [1.807, 2.05) is 13.8 Å². The first-order valence-corrected chi connectivity index (χ1v) is 5.94. The van der Waals surface area contributed by atoms with Gasteiger partial charge in [0.1, 0.15) is 0 Å². The lowest BCUT2D eigenvalue weighted by Crippen LogP contribution is -2.57. The number of hydrogen-bond acceptors (Lipinski definition) is 4. The van der Waals surface area contributed by atoms with E-state index in [-0.39, 0.29) is 12.5 Å². The summed E-state index contributed by atoms with van der Waals surface area (Å²) in [5.74, 6) is -0.0709. The van der Waals surface area contributed by atoms with Gasteiger partial charge in [-0.2, -0.15) is 0 Å². The molecule has 17 heavy (non-hydrogen) atoms. The number of aliphatic hydroxyl groups is 1. The van der Waals surface area contributed by atoms with E-state index in [1.54, 1.807) is 21.0 Å². The number of hydrogen-bond donors (Lipinski definition) is 3. The predicted molar refractivity (Wildman–Crippen MR) is 67.9 cm³/mol. The third kappa shape index (κ3) is 6.61. The van der Waals surface area contributed by atoms with Crippen molar-refractivity contribution in [2.24, 2.45) is 0 Å². The van der Waals surface area contributed by atoms with Gasteiger partial charge in [0.05, 0.1) is 12.1 Å². The molecule has 0 fully saturated rings. The highest BCUT2D eigenvalue weighted by Gasteiger charge is 2.34. The first kappa shape index (κ1) is 16.4. The average molecular weight is 246 g/mol. The third-order valence-corrected chi connectivity index (χ3v) is 3.07. The van der Waals surface area contributed by atoms with Crippen molar-refractivity contribution in [3.8, 4) is 0 Å². The molecule has 1 amide bonds. The van der Waals surface area contributed by atoms with Crippen LogP contribution in [-0.2, 0) is 9.53 Å². The van der Waals surface area contributed by atoms with Gasteiger partial charge in [0.25, 0.3) is 0 Å². The first-order valence-electron chi connectivity index (χ1n) is 5.94. The predicted octanol–water partition coefficient (Wildman–Crippen LogP) is 0.278. The van der Waals surface area contributed by atoms with Crippen LogP contribution in [0.2, 0.25) is 0 Å². The van der Waals surface area contributed by atoms with Crippen LogP contribution in [0.5, 0.6) is 0 Å². The maximum Gasteiger partial charge on any atom is 0.233 e. The molecule has 0 aliphatic heterocycles. The molecule has 0 unspecified atom stereocenters. The Morgan fingerprint density at radius 2 is 1.88 bits per heavy atom. The van der Waals surface area contributed by atoms with Gasteiger partial charge in [-0.25, -0.2) is 0 Å². The molecule has 0 radical (unpaired) electrons. The maximum atomic E-state index is 11.5. The minimum Gasteiger partial charge on any atom is -0.389 e. The fourth-order valence-corrected chi connectivity index (χ4v) is 1.02. The van der Waals surface area contributed by atoms with Gasteiger partial charge < -0.3 is 20.5 Å². The van der Waals surface area contributed by atoms with Gasteiger partial charge in [-0.1, -0.05) is 0 Å². The zero-order chi connectivity index (χ0) is 13.5. The highest BCUT2D eigenvalue weighted by atomic mass is 16.5. The van der Waals surface area contributed by atoms with Crippen LogP contribution in [0.1, 0.15) is 34.1 Å². The summed E-state index contributed by atoms with van der Waals surface area (Å²) in [5, 5.41) is 15.7. The van der Waals surface area contributed by atoms with E-state index < -0.39 is 11.1 Å². The number of rotatable bonds is 8. The average Bonchev–Trinajstić information content (AvgIpc) is 2.20. The lowest BCUT2D eigenvalue weighted by molar-refractivity contribution is -0.121. The summed E-state index contributed by atoms with van der Waals surface area (Å²) in [6.07, 6.45) is 0.803. The van der Waals surface area contributed by atoms with E-state index in [0.717, 1.165) is 6.42 Å². The molecule has 0 bridgehead atoms. The molecule has 0 spiro atoms. The quantitative estimate of drug-likeness (QED) is 0.538. The molecule has 0 aromatic heterocycles. The smallest absolute Gasteiger partial charge is 0.233 e. The normalized spacial score (nSPS) is 12.6. The van der Waals surface area contributed by atoms with Crippen molar-refractivity contribution in [1.29, 1.82) is 0 Å². The zero-order valence-corrected chi connectivity index (χ0v) is 11.6. The maximum absolute atomic E-state index is 11.5. The van der Waals surface area contributed by atoms with E-state index >= 15 is 0 Å². The van der Waals surface area contributed by atoms with Crippen LogP contribution in [0.25, 0.3) is 0 Å². The zero-order valence-electron chi connectivity index (χ0n) is 11.6. The van der Waals surface area contributed by atoms with Crippen LogP contribution in [0.4, 0.5) is 0 Å². The second-order valence-electron chi connectivity index (χ2n) is 5.23. The van der Waals surface area contributed by atoms with Crippen molar-refractivity contribution < 1.29 is 14.6 Å². The molecule has 0 saturated heterocycles. The Hall–Kier alpha value is -0.650. The van der Waals surface area contributed by atoms with Gasteiger partial charge in [0.2, 0.25) is 5.91 Å². The van der Waals surface area contributed by atoms with Gasteiger partial charge in [-0.15, -0.1) is 0 Å². The summed E-state index contributed by atoms with van der Waals surface area (Å²) < 4.78 is 4.88. The highest BCUT2D eigenvalue weighted by Crippen LogP contribution is 2.19. The van der Waals surface area contributed by atoms with Crippen LogP contribution in [0, 0.1) is 0 Å². The van der Waals surface area contributed by atoms with Gasteiger partial charge >= 0.3 is 0 Å². The molecule has 0 aliphatic carbocycles. The lowest BCUT2D eigenvalue weighted by atomic mass is 9.86. The fourth-order valence-electron chi connectivity index (χ4n) is 1.02. The van der Waals surface area contributed by atoms with Crippen molar-refractivity contribution in [3.05, 3.63) is 0 Å². The SMILES string of the molecule is COCCCNC(=O)CNC(C)(C)C(C)(C)O. The summed E-state index contributed by atoms with van der Waals surface area (Å²) in [4.78, 5) is 11.5. The third-order valence-electron chi connectivity index (χ3n) is 3.07. The summed E-state index contributed by atoms with van der Waals surface area (Å²) >= 11 is 0. The molecule has 3 N–H and O–H groups in total. The van der Waals surface area contributed by atoms with E-state index in [0.29, 0.717) is 13.2 Å². The van der Waals surface area contributed by atoms with Gasteiger partial charge in [0.15, 0.2) is 0 Å². The number of methoxy groups -OCH3 is 1. The number of nitrogens with one attached hydrogen (secondary N) is 2. The molecular formula is C12H26N2O3. The van der Waals surface area contributed by atoms with Crippen molar-refractivity contribution in [3.63, 3.8) is 0 Å². The second-order valence-corrected chi connectivity index (χ2v) is 5.23. The van der Waals surface area contributed by atoms with E-state index in [9.17, 15) is 9.90 Å². The van der Waals surface area contributed by atoms with E-state index in [4.69, 9.17) is 4.74 Å². The van der Waals surface area contributed by atoms with Gasteiger partial charge in [0, 0.05) is 25.8 Å². The van der Waals surface area contributed by atoms with Gasteiger partial charge in [-0.05, 0) is 34.1 Å². The Bertz CT molecular complexity index is 234. The summed E-state index contributed by atoms with van der Waals surface area (Å²) in [6.45, 7) is 8.62. The van der Waals surface area contributed by atoms with Crippen molar-refractivity contribution in [1.82, 2.24) is 10.6 Å². The number of carbonyl (C=O) groups excluding carboxylic acids is 1. The molecule has 0 saturated carbocycles. The molecule has 0 aromatic rings. The van der Waals surface area contributed by atoms with Crippen LogP contribution >= 0.6 is 0 Å². The molecule has 5 heteroatoms. The minimum absolute atomic E-state index is 0.0709. The molecule has 0 aromatic carbocycles. The Morgan fingerprint density at radius 3 is 2.35 bits per heavy atom. The van der Waals surface area contributed by atoms with Gasteiger partial charge in [-0.3, -0.25) is 4.79 Å². The fraction of sp³-hybridized carbons (Fsp3) is 0.917. The Labute approximate surface area is 104 Å². The number of carbonyl (C=O) groups is 1. The molecule has 0 aliphatic rings. The molecule has 0 heterocycles. The Balaban J connectivity index is 3.84. The van der Waals surface area contributed by atoms with Crippen molar-refractivity contribution in [2.75, 3.05) is 26.8 Å². The monoisotopic (exact) mass is 246 g/mol. The van der Waals surface area contributed by atoms with Crippen molar-refractivity contribution in [2.45, 2.75) is 45.3 Å². The topological polar surface area (TPSA) is 70.6 Å². The molecule has 0 rings (SSSR count).